The van der Waals surface area contributed by atoms with Crippen LogP contribution in [0.5, 0.6) is 0 Å². The van der Waals surface area contributed by atoms with Gasteiger partial charge in [0.05, 0.1) is 19.8 Å². The third kappa shape index (κ3) is 7.98. The summed E-state index contributed by atoms with van der Waals surface area (Å²) in [6, 6.07) is 1.82. The van der Waals surface area contributed by atoms with Gasteiger partial charge in [-0.1, -0.05) is 0 Å². The molecule has 10 heteroatoms. The van der Waals surface area contributed by atoms with Crippen molar-refractivity contribution in [2.24, 2.45) is 0 Å². The SMILES string of the molecule is COC(=O)c1ccnn1C1CCOC1.O=C([O-])[O-].[K+].[K+]. The Bertz CT molecular complexity index is 416. The van der Waals surface area contributed by atoms with Crippen molar-refractivity contribution < 1.29 is 132 Å². The molecule has 0 N–H and O–H groups in total. The predicted octanol–water partition coefficient (Wildman–Crippen LogP) is -7.81. The summed E-state index contributed by atoms with van der Waals surface area (Å²) in [5.74, 6) is -0.352. The first kappa shape index (κ1) is 23.4. The number of esters is 1. The van der Waals surface area contributed by atoms with Crippen LogP contribution in [-0.2, 0) is 9.47 Å². The molecule has 0 radical (unpaired) electrons. The zero-order chi connectivity index (χ0) is 13.5. The van der Waals surface area contributed by atoms with E-state index in [1.54, 1.807) is 16.9 Å². The minimum atomic E-state index is -2.33. The molecule has 1 aromatic heterocycles. The summed E-state index contributed by atoms with van der Waals surface area (Å²) in [7, 11) is 1.37. The second-order valence-corrected chi connectivity index (χ2v) is 3.42. The standard InChI is InChI=1S/C9H12N2O3.CH2O3.2K/c1-13-9(12)8-2-4-10-11(8)7-3-5-14-6-7;2-1(3)4;;/h2,4,7H,3,5-6H2,1H3;(H2,2,3,4);;/q;;2*+1/p-2. The number of rotatable bonds is 2. The zero-order valence-corrected chi connectivity index (χ0v) is 17.9. The normalized spacial score (nSPS) is 15.9. The van der Waals surface area contributed by atoms with Crippen LogP contribution in [-0.4, -0.2) is 42.2 Å². The van der Waals surface area contributed by atoms with E-state index in [0.29, 0.717) is 12.3 Å². The first-order chi connectivity index (χ1) is 8.56. The van der Waals surface area contributed by atoms with Crippen molar-refractivity contribution in [2.45, 2.75) is 12.5 Å². The van der Waals surface area contributed by atoms with Crippen molar-refractivity contribution in [3.63, 3.8) is 0 Å². The second-order valence-electron chi connectivity index (χ2n) is 3.42. The smallest absolute Gasteiger partial charge is 0.652 e. The molecule has 1 unspecified atom stereocenters. The zero-order valence-electron chi connectivity index (χ0n) is 11.7. The molecule has 8 nitrogen and oxygen atoms in total. The topological polar surface area (TPSA) is 117 Å². The molecule has 0 saturated carbocycles. The molecule has 1 saturated heterocycles. The number of nitrogens with zero attached hydrogens (tertiary/aromatic N) is 2. The number of ether oxygens (including phenoxy) is 2. The fourth-order valence-corrected chi connectivity index (χ4v) is 1.59. The minimum absolute atomic E-state index is 0. The van der Waals surface area contributed by atoms with E-state index in [0.717, 1.165) is 13.0 Å². The molecule has 1 fully saturated rings. The van der Waals surface area contributed by atoms with E-state index in [9.17, 15) is 4.79 Å². The monoisotopic (exact) mass is 334 g/mol. The predicted molar refractivity (Wildman–Crippen MR) is 53.4 cm³/mol. The summed E-state index contributed by atoms with van der Waals surface area (Å²) < 4.78 is 11.6. The molecule has 1 atom stereocenters. The Morgan fingerprint density at radius 2 is 2.05 bits per heavy atom. The van der Waals surface area contributed by atoms with Crippen molar-refractivity contribution in [1.29, 1.82) is 0 Å². The Hall–Kier alpha value is 1.18. The molecular weight excluding hydrogens is 322 g/mol. The first-order valence-electron chi connectivity index (χ1n) is 5.13. The van der Waals surface area contributed by atoms with E-state index in [-0.39, 0.29) is 115 Å². The van der Waals surface area contributed by atoms with Crippen molar-refractivity contribution in [2.75, 3.05) is 20.3 Å². The van der Waals surface area contributed by atoms with Crippen LogP contribution < -0.4 is 113 Å². The van der Waals surface area contributed by atoms with Crippen molar-refractivity contribution in [3.05, 3.63) is 18.0 Å². The maximum atomic E-state index is 11.3. The summed E-state index contributed by atoms with van der Waals surface area (Å²) in [5, 5.41) is 20.8. The maximum Gasteiger partial charge on any atom is 1.00 e. The van der Waals surface area contributed by atoms with Crippen LogP contribution in [0.4, 0.5) is 4.79 Å². The molecule has 1 aliphatic rings. The van der Waals surface area contributed by atoms with Gasteiger partial charge in [-0.25, -0.2) is 4.79 Å². The quantitative estimate of drug-likeness (QED) is 0.389. The van der Waals surface area contributed by atoms with Gasteiger partial charge in [-0.3, -0.25) is 4.68 Å². The molecule has 0 amide bonds. The van der Waals surface area contributed by atoms with Crippen LogP contribution in [0.25, 0.3) is 0 Å². The van der Waals surface area contributed by atoms with Crippen LogP contribution >= 0.6 is 0 Å². The summed E-state index contributed by atoms with van der Waals surface area (Å²) in [6.45, 7) is 1.34. The van der Waals surface area contributed by atoms with Crippen LogP contribution in [0.3, 0.4) is 0 Å². The average Bonchev–Trinajstić information content (AvgIpc) is 2.97. The third-order valence-corrected chi connectivity index (χ3v) is 2.32. The number of aromatic nitrogens is 2. The average molecular weight is 334 g/mol. The van der Waals surface area contributed by atoms with Gasteiger partial charge in [0, 0.05) is 12.8 Å². The molecule has 2 rings (SSSR count). The van der Waals surface area contributed by atoms with Gasteiger partial charge in [-0.05, 0) is 18.6 Å². The molecular formula is C10H12K2N2O6. The van der Waals surface area contributed by atoms with Gasteiger partial charge in [0.1, 0.15) is 5.69 Å². The van der Waals surface area contributed by atoms with Crippen molar-refractivity contribution in [1.82, 2.24) is 9.78 Å². The first-order valence-corrected chi connectivity index (χ1v) is 5.13. The molecule has 0 aromatic carbocycles. The van der Waals surface area contributed by atoms with Crippen LogP contribution in [0.15, 0.2) is 12.3 Å². The summed E-state index contributed by atoms with van der Waals surface area (Å²) in [5.41, 5.74) is 0.489. The van der Waals surface area contributed by atoms with Crippen LogP contribution in [0.1, 0.15) is 23.0 Å². The number of hydrogen-bond donors (Lipinski definition) is 0. The van der Waals surface area contributed by atoms with Gasteiger partial charge >= 0.3 is 109 Å². The number of carbonyl (C=O) groups excluding carboxylic acids is 2. The number of hydrogen-bond acceptors (Lipinski definition) is 7. The molecule has 100 valence electrons. The summed E-state index contributed by atoms with van der Waals surface area (Å²) >= 11 is 0. The maximum absolute atomic E-state index is 11.3. The fraction of sp³-hybridized carbons (Fsp3) is 0.500. The number of methoxy groups -OCH3 is 1. The van der Waals surface area contributed by atoms with Gasteiger partial charge in [0.15, 0.2) is 0 Å². The minimum Gasteiger partial charge on any atom is -0.652 e. The van der Waals surface area contributed by atoms with E-state index < -0.39 is 6.16 Å². The molecule has 2 heterocycles. The Kier molecular flexibility index (Phi) is 14.9. The van der Waals surface area contributed by atoms with Gasteiger partial charge in [0.2, 0.25) is 0 Å². The summed E-state index contributed by atoms with van der Waals surface area (Å²) in [4.78, 5) is 19.7. The van der Waals surface area contributed by atoms with Crippen molar-refractivity contribution >= 4 is 12.1 Å². The Morgan fingerprint density at radius 1 is 1.45 bits per heavy atom. The number of carboxylic acid groups (broad SMARTS) is 2. The Balaban J connectivity index is 0. The van der Waals surface area contributed by atoms with Gasteiger partial charge in [0.25, 0.3) is 0 Å². The largest absolute Gasteiger partial charge is 1.00 e. The second kappa shape index (κ2) is 12.7. The van der Waals surface area contributed by atoms with Crippen molar-refractivity contribution in [3.8, 4) is 0 Å². The third-order valence-electron chi connectivity index (χ3n) is 2.32. The molecule has 0 aliphatic carbocycles. The summed E-state index contributed by atoms with van der Waals surface area (Å²) in [6.07, 6.45) is 0.163. The van der Waals surface area contributed by atoms with E-state index in [4.69, 9.17) is 19.7 Å². The van der Waals surface area contributed by atoms with Crippen LogP contribution in [0.2, 0.25) is 0 Å². The van der Waals surface area contributed by atoms with Gasteiger partial charge in [-0.15, -0.1) is 0 Å². The number of carbonyl (C=O) groups is 2. The van der Waals surface area contributed by atoms with E-state index >= 15 is 0 Å². The molecule has 0 bridgehead atoms. The van der Waals surface area contributed by atoms with E-state index in [1.807, 2.05) is 0 Å². The van der Waals surface area contributed by atoms with E-state index in [2.05, 4.69) is 9.84 Å². The molecule has 1 aliphatic heterocycles. The van der Waals surface area contributed by atoms with Gasteiger partial charge in [-0.2, -0.15) is 5.10 Å². The molecule has 0 spiro atoms. The Labute approximate surface area is 201 Å². The molecule has 1 aromatic rings. The fourth-order valence-electron chi connectivity index (χ4n) is 1.59. The van der Waals surface area contributed by atoms with E-state index in [1.165, 1.54) is 7.11 Å². The van der Waals surface area contributed by atoms with Crippen LogP contribution in [0, 0.1) is 0 Å². The van der Waals surface area contributed by atoms with Gasteiger partial charge < -0.3 is 24.5 Å². The Morgan fingerprint density at radius 3 is 2.50 bits per heavy atom. The molecule has 20 heavy (non-hydrogen) atoms.